The zero-order valence-electron chi connectivity index (χ0n) is 20.1. The van der Waals surface area contributed by atoms with Crippen molar-refractivity contribution in [3.05, 3.63) is 65.0 Å². The number of fused-ring (bicyclic) bond motifs is 3. The lowest BCUT2D eigenvalue weighted by Crippen LogP contribution is -2.35. The number of rotatable bonds is 5. The average Bonchev–Trinajstić information content (AvgIpc) is 3.29. The van der Waals surface area contributed by atoms with Gasteiger partial charge in [0.15, 0.2) is 0 Å². The van der Waals surface area contributed by atoms with Crippen molar-refractivity contribution >= 4 is 23.4 Å². The lowest BCUT2D eigenvalue weighted by atomic mass is 9.82. The maximum Gasteiger partial charge on any atom is 0.409 e. The van der Waals surface area contributed by atoms with E-state index in [1.54, 1.807) is 4.90 Å². The molecule has 34 heavy (non-hydrogen) atoms. The van der Waals surface area contributed by atoms with Crippen LogP contribution in [0.5, 0.6) is 0 Å². The van der Waals surface area contributed by atoms with E-state index in [-0.39, 0.29) is 18.1 Å². The summed E-state index contributed by atoms with van der Waals surface area (Å²) in [6.07, 6.45) is 6.41. The van der Waals surface area contributed by atoms with Gasteiger partial charge in [0.25, 0.3) is 0 Å². The van der Waals surface area contributed by atoms with E-state index < -0.39 is 0 Å². The number of benzene rings is 2. The van der Waals surface area contributed by atoms with E-state index in [1.807, 2.05) is 0 Å². The third-order valence-electron chi connectivity index (χ3n) is 7.67. The Morgan fingerprint density at radius 3 is 2.62 bits per heavy atom. The SMILES string of the molecule is COC(=O)N1CCc2ccc3c(nc([C@H]4CC[C@@H](C=O)CC4)n3[C@H](C)Cc3ccccc3)c2C1. The summed E-state index contributed by atoms with van der Waals surface area (Å²) in [6, 6.07) is 15.3. The second-order valence-electron chi connectivity index (χ2n) is 9.84. The fraction of sp³-hybridized carbons (Fsp3) is 0.464. The Kier molecular flexibility index (Phi) is 6.40. The van der Waals surface area contributed by atoms with Gasteiger partial charge in [-0.1, -0.05) is 36.4 Å². The molecule has 6 nitrogen and oxygen atoms in total. The van der Waals surface area contributed by atoms with Crippen molar-refractivity contribution in [1.29, 1.82) is 0 Å². The number of hydrogen-bond donors (Lipinski definition) is 0. The van der Waals surface area contributed by atoms with Crippen LogP contribution >= 0.6 is 0 Å². The molecule has 2 aliphatic rings. The van der Waals surface area contributed by atoms with Crippen molar-refractivity contribution in [3.63, 3.8) is 0 Å². The highest BCUT2D eigenvalue weighted by atomic mass is 16.5. The van der Waals surface area contributed by atoms with E-state index in [9.17, 15) is 9.59 Å². The van der Waals surface area contributed by atoms with Gasteiger partial charge >= 0.3 is 6.09 Å². The van der Waals surface area contributed by atoms with Crippen LogP contribution in [0.3, 0.4) is 0 Å². The highest BCUT2D eigenvalue weighted by molar-refractivity contribution is 5.82. The van der Waals surface area contributed by atoms with Gasteiger partial charge in [-0.2, -0.15) is 0 Å². The molecule has 1 amide bonds. The van der Waals surface area contributed by atoms with E-state index in [0.29, 0.717) is 19.0 Å². The van der Waals surface area contributed by atoms with Crippen molar-refractivity contribution in [1.82, 2.24) is 14.5 Å². The molecule has 0 radical (unpaired) electrons. The number of methoxy groups -OCH3 is 1. The Morgan fingerprint density at radius 1 is 1.15 bits per heavy atom. The van der Waals surface area contributed by atoms with Gasteiger partial charge < -0.3 is 19.0 Å². The lowest BCUT2D eigenvalue weighted by molar-refractivity contribution is -0.111. The van der Waals surface area contributed by atoms with Gasteiger partial charge in [-0.25, -0.2) is 9.78 Å². The number of carbonyl (C=O) groups excluding carboxylic acids is 2. The average molecular weight is 460 g/mol. The molecule has 0 N–H and O–H groups in total. The summed E-state index contributed by atoms with van der Waals surface area (Å²) in [4.78, 5) is 30.6. The number of ether oxygens (including phenoxy) is 1. The van der Waals surface area contributed by atoms with Gasteiger partial charge in [-0.3, -0.25) is 0 Å². The fourth-order valence-electron chi connectivity index (χ4n) is 5.81. The summed E-state index contributed by atoms with van der Waals surface area (Å²) in [7, 11) is 1.44. The van der Waals surface area contributed by atoms with Gasteiger partial charge in [0.2, 0.25) is 0 Å². The minimum atomic E-state index is -0.285. The van der Waals surface area contributed by atoms with Crippen LogP contribution in [-0.2, 0) is 28.9 Å². The van der Waals surface area contributed by atoms with Crippen LogP contribution < -0.4 is 0 Å². The third kappa shape index (κ3) is 4.22. The Hall–Kier alpha value is -3.15. The van der Waals surface area contributed by atoms with Crippen LogP contribution in [0.4, 0.5) is 4.79 Å². The van der Waals surface area contributed by atoms with Crippen molar-refractivity contribution in [3.8, 4) is 0 Å². The van der Waals surface area contributed by atoms with E-state index in [4.69, 9.17) is 9.72 Å². The van der Waals surface area contributed by atoms with Gasteiger partial charge in [0, 0.05) is 30.0 Å². The molecule has 0 unspecified atom stereocenters. The summed E-state index contributed by atoms with van der Waals surface area (Å²) < 4.78 is 7.44. The number of aromatic nitrogens is 2. The van der Waals surface area contributed by atoms with E-state index in [2.05, 4.69) is 54.0 Å². The molecule has 1 atom stereocenters. The molecule has 6 heteroatoms. The molecular weight excluding hydrogens is 426 g/mol. The lowest BCUT2D eigenvalue weighted by Gasteiger charge is -2.28. The molecule has 0 spiro atoms. The number of aldehydes is 1. The summed E-state index contributed by atoms with van der Waals surface area (Å²) in [6.45, 7) is 3.47. The minimum absolute atomic E-state index is 0.178. The van der Waals surface area contributed by atoms with Crippen LogP contribution in [0.2, 0.25) is 0 Å². The minimum Gasteiger partial charge on any atom is -0.453 e. The van der Waals surface area contributed by atoms with E-state index in [0.717, 1.165) is 67.2 Å². The zero-order valence-corrected chi connectivity index (χ0v) is 20.1. The van der Waals surface area contributed by atoms with E-state index >= 15 is 0 Å². The molecule has 178 valence electrons. The Balaban J connectivity index is 1.58. The normalized spacial score (nSPS) is 21.2. The molecule has 1 aliphatic carbocycles. The Morgan fingerprint density at radius 2 is 1.91 bits per heavy atom. The molecule has 2 aromatic carbocycles. The smallest absolute Gasteiger partial charge is 0.409 e. The highest BCUT2D eigenvalue weighted by Crippen LogP contribution is 2.39. The first-order chi connectivity index (χ1) is 16.6. The standard InChI is InChI=1S/C28H33N3O3/c1-19(16-20-6-4-3-5-7-20)31-25-13-12-22-14-15-30(28(33)34-2)17-24(22)26(25)29-27(31)23-10-8-21(18-32)9-11-23/h3-7,12-13,18-19,21,23H,8-11,14-17H2,1-2H3/t19-,21-,23+/m1/s1. The molecule has 1 aliphatic heterocycles. The second-order valence-corrected chi connectivity index (χ2v) is 9.84. The van der Waals surface area contributed by atoms with Crippen LogP contribution in [-0.4, -0.2) is 40.5 Å². The molecule has 2 heterocycles. The number of nitrogens with zero attached hydrogens (tertiary/aromatic N) is 3. The second kappa shape index (κ2) is 9.61. The molecule has 0 bridgehead atoms. The maximum absolute atomic E-state index is 12.3. The van der Waals surface area contributed by atoms with Gasteiger partial charge in [0.1, 0.15) is 12.1 Å². The zero-order chi connectivity index (χ0) is 23.7. The third-order valence-corrected chi connectivity index (χ3v) is 7.67. The maximum atomic E-state index is 12.3. The Labute approximate surface area is 200 Å². The summed E-state index contributed by atoms with van der Waals surface area (Å²) >= 11 is 0. The predicted molar refractivity (Wildman–Crippen MR) is 132 cm³/mol. The summed E-state index contributed by atoms with van der Waals surface area (Å²) in [5.41, 5.74) is 5.87. The molecule has 5 rings (SSSR count). The number of carbonyl (C=O) groups is 2. The van der Waals surface area contributed by atoms with Crippen LogP contribution in [0.15, 0.2) is 42.5 Å². The quantitative estimate of drug-likeness (QED) is 0.477. The Bertz CT molecular complexity index is 1180. The van der Waals surface area contributed by atoms with Crippen molar-refractivity contribution < 1.29 is 14.3 Å². The number of imidazole rings is 1. The van der Waals surface area contributed by atoms with Crippen molar-refractivity contribution in [2.75, 3.05) is 13.7 Å². The van der Waals surface area contributed by atoms with Crippen LogP contribution in [0, 0.1) is 5.92 Å². The highest BCUT2D eigenvalue weighted by Gasteiger charge is 2.30. The first-order valence-electron chi connectivity index (χ1n) is 12.4. The first kappa shape index (κ1) is 22.6. The molecule has 1 aromatic heterocycles. The van der Waals surface area contributed by atoms with E-state index in [1.165, 1.54) is 18.2 Å². The van der Waals surface area contributed by atoms with Crippen molar-refractivity contribution in [2.45, 2.75) is 64.0 Å². The summed E-state index contributed by atoms with van der Waals surface area (Å²) in [5, 5.41) is 0. The predicted octanol–water partition coefficient (Wildman–Crippen LogP) is 5.44. The largest absolute Gasteiger partial charge is 0.453 e. The topological polar surface area (TPSA) is 64.4 Å². The van der Waals surface area contributed by atoms with Crippen LogP contribution in [0.1, 0.15) is 67.1 Å². The van der Waals surface area contributed by atoms with Gasteiger partial charge in [-0.05, 0) is 62.6 Å². The molecule has 1 fully saturated rings. The molecule has 3 aromatic rings. The number of amides is 1. The first-order valence-corrected chi connectivity index (χ1v) is 12.4. The van der Waals surface area contributed by atoms with Gasteiger partial charge in [-0.15, -0.1) is 0 Å². The molecule has 1 saturated carbocycles. The summed E-state index contributed by atoms with van der Waals surface area (Å²) in [5.74, 6) is 1.65. The fourth-order valence-corrected chi connectivity index (χ4v) is 5.81. The number of hydrogen-bond acceptors (Lipinski definition) is 4. The monoisotopic (exact) mass is 459 g/mol. The van der Waals surface area contributed by atoms with Gasteiger partial charge in [0.05, 0.1) is 24.7 Å². The van der Waals surface area contributed by atoms with Crippen molar-refractivity contribution in [2.24, 2.45) is 5.92 Å². The molecular formula is C28H33N3O3. The molecule has 0 saturated heterocycles. The van der Waals surface area contributed by atoms with Crippen LogP contribution in [0.25, 0.3) is 11.0 Å².